The van der Waals surface area contributed by atoms with E-state index in [0.717, 1.165) is 12.3 Å². The van der Waals surface area contributed by atoms with Crippen LogP contribution in [-0.4, -0.2) is 20.7 Å². The van der Waals surface area contributed by atoms with Crippen LogP contribution in [0.3, 0.4) is 0 Å². The first-order valence-electron chi connectivity index (χ1n) is 6.39. The molecule has 2 heteroatoms. The topological polar surface area (TPSA) is 21.3 Å². The van der Waals surface area contributed by atoms with Gasteiger partial charge in [-0.1, -0.05) is 6.07 Å². The lowest BCUT2D eigenvalue weighted by Gasteiger charge is -2.17. The zero-order valence-electron chi connectivity index (χ0n) is 11.4. The molecule has 2 rings (SSSR count). The van der Waals surface area contributed by atoms with Crippen molar-refractivity contribution < 1.29 is 4.74 Å². The van der Waals surface area contributed by atoms with Gasteiger partial charge < -0.3 is 10.1 Å². The van der Waals surface area contributed by atoms with Crippen LogP contribution in [-0.2, 0) is 6.42 Å². The molecule has 2 nitrogen and oxygen atoms in total. The molecule has 1 fully saturated rings. The molecular formula is C15H23NO. The van der Waals surface area contributed by atoms with Gasteiger partial charge in [0.15, 0.2) is 0 Å². The third kappa shape index (κ3) is 2.63. The minimum atomic E-state index is 0.528. The molecule has 17 heavy (non-hydrogen) atoms. The predicted molar refractivity (Wildman–Crippen MR) is 71.8 cm³/mol. The van der Waals surface area contributed by atoms with Crippen LogP contribution < -0.4 is 10.1 Å². The fraction of sp³-hybridized carbons (Fsp3) is 0.600. The van der Waals surface area contributed by atoms with Gasteiger partial charge in [0, 0.05) is 6.54 Å². The van der Waals surface area contributed by atoms with Gasteiger partial charge in [-0.25, -0.2) is 0 Å². The number of benzene rings is 1. The van der Waals surface area contributed by atoms with Gasteiger partial charge in [0.25, 0.3) is 0 Å². The Morgan fingerprint density at radius 3 is 2.47 bits per heavy atom. The second-order valence-electron chi connectivity index (χ2n) is 5.46. The van der Waals surface area contributed by atoms with Crippen LogP contribution in [0.5, 0.6) is 5.75 Å². The Morgan fingerprint density at radius 1 is 1.24 bits per heavy atom. The maximum atomic E-state index is 5.36. The molecule has 0 aromatic heterocycles. The van der Waals surface area contributed by atoms with Crippen LogP contribution in [0.1, 0.15) is 29.5 Å². The van der Waals surface area contributed by atoms with Crippen LogP contribution in [0.4, 0.5) is 0 Å². The molecule has 0 unspecified atom stereocenters. The Hall–Kier alpha value is -1.02. The monoisotopic (exact) mass is 233 g/mol. The van der Waals surface area contributed by atoms with E-state index in [0.29, 0.717) is 5.41 Å². The Balaban J connectivity index is 2.19. The number of rotatable bonds is 5. The molecule has 1 aromatic carbocycles. The highest BCUT2D eigenvalue weighted by molar-refractivity contribution is 5.42. The summed E-state index contributed by atoms with van der Waals surface area (Å²) in [7, 11) is 3.79. The first kappa shape index (κ1) is 12.4. The molecule has 1 aromatic rings. The van der Waals surface area contributed by atoms with Crippen molar-refractivity contribution in [2.75, 3.05) is 20.7 Å². The molecule has 1 aliphatic carbocycles. The average molecular weight is 233 g/mol. The molecule has 94 valence electrons. The van der Waals surface area contributed by atoms with Crippen LogP contribution in [0.2, 0.25) is 0 Å². The normalized spacial score (nSPS) is 16.9. The van der Waals surface area contributed by atoms with Crippen molar-refractivity contribution in [1.82, 2.24) is 5.32 Å². The summed E-state index contributed by atoms with van der Waals surface area (Å²) < 4.78 is 5.36. The van der Waals surface area contributed by atoms with E-state index in [2.05, 4.69) is 31.3 Å². The summed E-state index contributed by atoms with van der Waals surface area (Å²) in [6.07, 6.45) is 3.92. The molecule has 0 atom stereocenters. The van der Waals surface area contributed by atoms with Gasteiger partial charge in [-0.05, 0) is 68.3 Å². The number of nitrogens with one attached hydrogen (secondary N) is 1. The van der Waals surface area contributed by atoms with Gasteiger partial charge in [-0.15, -0.1) is 0 Å². The van der Waals surface area contributed by atoms with Crippen LogP contribution >= 0.6 is 0 Å². The van der Waals surface area contributed by atoms with Crippen molar-refractivity contribution in [3.05, 3.63) is 28.8 Å². The molecule has 1 saturated carbocycles. The molecule has 1 N–H and O–H groups in total. The van der Waals surface area contributed by atoms with E-state index < -0.39 is 0 Å². The Labute approximate surface area is 104 Å². The number of methoxy groups -OCH3 is 1. The van der Waals surface area contributed by atoms with E-state index in [-0.39, 0.29) is 0 Å². The minimum Gasteiger partial charge on any atom is -0.496 e. The molecular weight excluding hydrogens is 210 g/mol. The van der Waals surface area contributed by atoms with Gasteiger partial charge in [0.2, 0.25) is 0 Å². The molecule has 0 heterocycles. The average Bonchev–Trinajstić information content (AvgIpc) is 3.03. The van der Waals surface area contributed by atoms with Gasteiger partial charge in [0.05, 0.1) is 7.11 Å². The van der Waals surface area contributed by atoms with Crippen LogP contribution in [0.15, 0.2) is 12.1 Å². The lowest BCUT2D eigenvalue weighted by atomic mass is 9.92. The van der Waals surface area contributed by atoms with Crippen LogP contribution in [0.25, 0.3) is 0 Å². The highest BCUT2D eigenvalue weighted by Crippen LogP contribution is 2.48. The Bertz CT molecular complexity index is 408. The van der Waals surface area contributed by atoms with E-state index in [1.807, 2.05) is 7.05 Å². The van der Waals surface area contributed by atoms with Crippen LogP contribution in [0, 0.1) is 19.3 Å². The summed E-state index contributed by atoms with van der Waals surface area (Å²) in [4.78, 5) is 0. The highest BCUT2D eigenvalue weighted by Gasteiger charge is 2.41. The van der Waals surface area contributed by atoms with Crippen molar-refractivity contribution in [2.45, 2.75) is 33.1 Å². The van der Waals surface area contributed by atoms with Gasteiger partial charge >= 0.3 is 0 Å². The third-order valence-corrected chi connectivity index (χ3v) is 3.93. The quantitative estimate of drug-likeness (QED) is 0.844. The zero-order chi connectivity index (χ0) is 12.5. The van der Waals surface area contributed by atoms with Gasteiger partial charge in [-0.2, -0.15) is 0 Å². The Morgan fingerprint density at radius 2 is 1.94 bits per heavy atom. The zero-order valence-corrected chi connectivity index (χ0v) is 11.4. The summed E-state index contributed by atoms with van der Waals surface area (Å²) in [5.41, 5.74) is 4.61. The second kappa shape index (κ2) is 4.69. The second-order valence-corrected chi connectivity index (χ2v) is 5.46. The summed E-state index contributed by atoms with van der Waals surface area (Å²) in [6, 6.07) is 4.46. The lowest BCUT2D eigenvalue weighted by molar-refractivity contribution is 0.410. The SMILES string of the molecule is CNCC1(Cc2cc(C)c(OC)cc2C)CC1. The van der Waals surface area contributed by atoms with E-state index in [9.17, 15) is 0 Å². The molecule has 0 aliphatic heterocycles. The van der Waals surface area contributed by atoms with E-state index in [1.165, 1.54) is 36.0 Å². The van der Waals surface area contributed by atoms with Crippen molar-refractivity contribution in [3.8, 4) is 5.75 Å². The first-order chi connectivity index (χ1) is 8.10. The number of ether oxygens (including phenoxy) is 1. The minimum absolute atomic E-state index is 0.528. The van der Waals surface area contributed by atoms with E-state index >= 15 is 0 Å². The summed E-state index contributed by atoms with van der Waals surface area (Å²) in [6.45, 7) is 5.45. The number of hydrogen-bond acceptors (Lipinski definition) is 2. The Kier molecular flexibility index (Phi) is 3.43. The summed E-state index contributed by atoms with van der Waals surface area (Å²) in [5.74, 6) is 1.00. The standard InChI is InChI=1S/C15H23NO/c1-11-8-14(17-4)12(2)7-13(11)9-15(5-6-15)10-16-3/h7-8,16H,5-6,9-10H2,1-4H3. The molecule has 0 spiro atoms. The number of aryl methyl sites for hydroxylation is 2. The molecule has 0 bridgehead atoms. The number of hydrogen-bond donors (Lipinski definition) is 1. The molecule has 0 radical (unpaired) electrons. The largest absolute Gasteiger partial charge is 0.496 e. The predicted octanol–water partition coefficient (Wildman–Crippen LogP) is 2.85. The summed E-state index contributed by atoms with van der Waals surface area (Å²) in [5, 5.41) is 3.32. The molecule has 0 amide bonds. The highest BCUT2D eigenvalue weighted by atomic mass is 16.5. The van der Waals surface area contributed by atoms with Crippen molar-refractivity contribution >= 4 is 0 Å². The van der Waals surface area contributed by atoms with Crippen molar-refractivity contribution in [1.29, 1.82) is 0 Å². The van der Waals surface area contributed by atoms with E-state index in [4.69, 9.17) is 4.74 Å². The first-order valence-corrected chi connectivity index (χ1v) is 6.39. The van der Waals surface area contributed by atoms with Crippen molar-refractivity contribution in [2.24, 2.45) is 5.41 Å². The van der Waals surface area contributed by atoms with Gasteiger partial charge in [-0.3, -0.25) is 0 Å². The fourth-order valence-electron chi connectivity index (χ4n) is 2.63. The summed E-state index contributed by atoms with van der Waals surface area (Å²) >= 11 is 0. The maximum Gasteiger partial charge on any atom is 0.122 e. The smallest absolute Gasteiger partial charge is 0.122 e. The van der Waals surface area contributed by atoms with Gasteiger partial charge in [0.1, 0.15) is 5.75 Å². The van der Waals surface area contributed by atoms with E-state index in [1.54, 1.807) is 7.11 Å². The molecule has 0 saturated heterocycles. The fourth-order valence-corrected chi connectivity index (χ4v) is 2.63. The lowest BCUT2D eigenvalue weighted by Crippen LogP contribution is -2.22. The maximum absolute atomic E-state index is 5.36. The molecule has 1 aliphatic rings. The third-order valence-electron chi connectivity index (χ3n) is 3.93. The van der Waals surface area contributed by atoms with Crippen molar-refractivity contribution in [3.63, 3.8) is 0 Å².